The van der Waals surface area contributed by atoms with Crippen LogP contribution in [0.2, 0.25) is 0 Å². The molecule has 1 heterocycles. The molecule has 1 aliphatic heterocycles. The topological polar surface area (TPSA) is 95.7 Å². The van der Waals surface area contributed by atoms with E-state index in [0.717, 1.165) is 6.42 Å². The molecule has 0 aromatic carbocycles. The summed E-state index contributed by atoms with van der Waals surface area (Å²) in [5, 5.41) is 11.5. The van der Waals surface area contributed by atoms with Gasteiger partial charge in [0, 0.05) is 19.1 Å². The van der Waals surface area contributed by atoms with Crippen LogP contribution >= 0.6 is 11.8 Å². The van der Waals surface area contributed by atoms with Gasteiger partial charge in [-0.2, -0.15) is 11.8 Å². The van der Waals surface area contributed by atoms with E-state index in [-0.39, 0.29) is 12.1 Å². The van der Waals surface area contributed by atoms with Crippen molar-refractivity contribution in [2.45, 2.75) is 24.9 Å². The molecule has 0 aromatic heterocycles. The number of nitrogens with two attached hydrogens (primary N) is 1. The lowest BCUT2D eigenvalue weighted by molar-refractivity contribution is -0.139. The van der Waals surface area contributed by atoms with Gasteiger partial charge in [0.15, 0.2) is 0 Å². The molecule has 6 nitrogen and oxygen atoms in total. The zero-order valence-corrected chi connectivity index (χ0v) is 10.7. The molecule has 2 amide bonds. The van der Waals surface area contributed by atoms with E-state index >= 15 is 0 Å². The summed E-state index contributed by atoms with van der Waals surface area (Å²) in [6.07, 6.45) is 3.11. The Hall–Kier alpha value is -0.950. The Kier molecular flexibility index (Phi) is 5.57. The Balaban J connectivity index is 2.43. The lowest BCUT2D eigenvalue weighted by Gasteiger charge is -2.20. The second-order valence-electron chi connectivity index (χ2n) is 4.12. The Morgan fingerprint density at radius 1 is 1.65 bits per heavy atom. The fourth-order valence-electron chi connectivity index (χ4n) is 1.71. The molecular formula is C10H19N3O3S. The zero-order valence-electron chi connectivity index (χ0n) is 9.89. The summed E-state index contributed by atoms with van der Waals surface area (Å²) in [6, 6.07) is -1.13. The number of carbonyl (C=O) groups excluding carboxylic acids is 1. The monoisotopic (exact) mass is 261 g/mol. The molecule has 1 rings (SSSR count). The normalized spacial score (nSPS) is 21.3. The van der Waals surface area contributed by atoms with Crippen LogP contribution in [0.15, 0.2) is 0 Å². The molecule has 0 bridgehead atoms. The van der Waals surface area contributed by atoms with E-state index in [4.69, 9.17) is 10.8 Å². The van der Waals surface area contributed by atoms with Crippen molar-refractivity contribution in [3.8, 4) is 0 Å². The number of thioether (sulfide) groups is 1. The van der Waals surface area contributed by atoms with Crippen molar-refractivity contribution in [2.75, 3.05) is 25.1 Å². The standard InChI is InChI=1S/C10H19N3O3S/c1-17-5-3-8(9(14)15)12-10(16)13-4-2-7(11)6-13/h7-8H,2-6,11H2,1H3,(H,12,16)(H,14,15). The van der Waals surface area contributed by atoms with Crippen LogP contribution in [0.3, 0.4) is 0 Å². The number of hydrogen-bond acceptors (Lipinski definition) is 4. The first-order valence-corrected chi connectivity index (χ1v) is 6.96. The van der Waals surface area contributed by atoms with Gasteiger partial charge in [-0.15, -0.1) is 0 Å². The molecule has 0 spiro atoms. The highest BCUT2D eigenvalue weighted by Crippen LogP contribution is 2.08. The van der Waals surface area contributed by atoms with Gasteiger partial charge in [-0.3, -0.25) is 0 Å². The summed E-state index contributed by atoms with van der Waals surface area (Å²) in [5.74, 6) is -0.285. The fraction of sp³-hybridized carbons (Fsp3) is 0.800. The molecular weight excluding hydrogens is 242 g/mol. The SMILES string of the molecule is CSCCC(NC(=O)N1CCC(N)C1)C(=O)O. The fourth-order valence-corrected chi connectivity index (χ4v) is 2.18. The van der Waals surface area contributed by atoms with Crippen LogP contribution in [-0.2, 0) is 4.79 Å². The molecule has 0 aromatic rings. The largest absolute Gasteiger partial charge is 0.480 e. The number of nitrogens with zero attached hydrogens (tertiary/aromatic N) is 1. The molecule has 2 unspecified atom stereocenters. The smallest absolute Gasteiger partial charge is 0.326 e. The van der Waals surface area contributed by atoms with Crippen molar-refractivity contribution in [1.29, 1.82) is 0 Å². The van der Waals surface area contributed by atoms with Gasteiger partial charge in [0.25, 0.3) is 0 Å². The third kappa shape index (κ3) is 4.43. The number of carbonyl (C=O) groups is 2. The summed E-state index contributed by atoms with van der Waals surface area (Å²) in [6.45, 7) is 1.10. The number of carboxylic acids is 1. The quantitative estimate of drug-likeness (QED) is 0.644. The van der Waals surface area contributed by atoms with Crippen molar-refractivity contribution in [2.24, 2.45) is 5.73 Å². The number of rotatable bonds is 5. The number of amides is 2. The first-order chi connectivity index (χ1) is 8.04. The lowest BCUT2D eigenvalue weighted by atomic mass is 10.2. The maximum Gasteiger partial charge on any atom is 0.326 e. The van der Waals surface area contributed by atoms with Crippen LogP contribution in [0.1, 0.15) is 12.8 Å². The van der Waals surface area contributed by atoms with E-state index in [1.54, 1.807) is 16.7 Å². The summed E-state index contributed by atoms with van der Waals surface area (Å²) in [5.41, 5.74) is 5.69. The first-order valence-electron chi connectivity index (χ1n) is 5.57. The van der Waals surface area contributed by atoms with Gasteiger partial charge in [-0.1, -0.05) is 0 Å². The Bertz CT molecular complexity index is 288. The summed E-state index contributed by atoms with van der Waals surface area (Å²) in [4.78, 5) is 24.3. The Labute approximate surface area is 105 Å². The number of aliphatic carboxylic acids is 1. The molecule has 0 radical (unpaired) electrons. The van der Waals surface area contributed by atoms with Crippen molar-refractivity contribution in [3.63, 3.8) is 0 Å². The zero-order chi connectivity index (χ0) is 12.8. The Morgan fingerprint density at radius 2 is 2.35 bits per heavy atom. The number of carboxylic acid groups (broad SMARTS) is 1. The molecule has 17 heavy (non-hydrogen) atoms. The average molecular weight is 261 g/mol. The predicted molar refractivity (Wildman–Crippen MR) is 67.1 cm³/mol. The van der Waals surface area contributed by atoms with E-state index in [1.807, 2.05) is 6.26 Å². The molecule has 4 N–H and O–H groups in total. The minimum atomic E-state index is -0.990. The van der Waals surface area contributed by atoms with Crippen molar-refractivity contribution in [1.82, 2.24) is 10.2 Å². The van der Waals surface area contributed by atoms with Gasteiger partial charge in [-0.05, 0) is 24.9 Å². The maximum absolute atomic E-state index is 11.8. The van der Waals surface area contributed by atoms with E-state index in [1.165, 1.54) is 0 Å². The third-order valence-electron chi connectivity index (χ3n) is 2.72. The molecule has 7 heteroatoms. The van der Waals surface area contributed by atoms with Crippen molar-refractivity contribution in [3.05, 3.63) is 0 Å². The van der Waals surface area contributed by atoms with Crippen LogP contribution in [0, 0.1) is 0 Å². The van der Waals surface area contributed by atoms with Gasteiger partial charge in [-0.25, -0.2) is 9.59 Å². The van der Waals surface area contributed by atoms with Gasteiger partial charge < -0.3 is 21.1 Å². The third-order valence-corrected chi connectivity index (χ3v) is 3.36. The highest BCUT2D eigenvalue weighted by Gasteiger charge is 2.27. The lowest BCUT2D eigenvalue weighted by Crippen LogP contribution is -2.48. The van der Waals surface area contributed by atoms with Crippen LogP contribution < -0.4 is 11.1 Å². The maximum atomic E-state index is 11.8. The Morgan fingerprint density at radius 3 is 2.82 bits per heavy atom. The molecule has 0 saturated carbocycles. The molecule has 1 fully saturated rings. The minimum Gasteiger partial charge on any atom is -0.480 e. The van der Waals surface area contributed by atoms with Gasteiger partial charge in [0.2, 0.25) is 0 Å². The number of hydrogen-bond donors (Lipinski definition) is 3. The first kappa shape index (κ1) is 14.1. The molecule has 0 aliphatic carbocycles. The van der Waals surface area contributed by atoms with E-state index < -0.39 is 12.0 Å². The number of nitrogens with one attached hydrogen (secondary N) is 1. The van der Waals surface area contributed by atoms with Gasteiger partial charge in [0.05, 0.1) is 0 Å². The highest BCUT2D eigenvalue weighted by atomic mass is 32.2. The second kappa shape index (κ2) is 6.70. The van der Waals surface area contributed by atoms with Crippen LogP contribution in [0.4, 0.5) is 4.79 Å². The summed E-state index contributed by atoms with van der Waals surface area (Å²) in [7, 11) is 0. The molecule has 2 atom stereocenters. The highest BCUT2D eigenvalue weighted by molar-refractivity contribution is 7.98. The van der Waals surface area contributed by atoms with Crippen LogP contribution in [-0.4, -0.2) is 59.2 Å². The van der Waals surface area contributed by atoms with Crippen molar-refractivity contribution >= 4 is 23.8 Å². The predicted octanol–water partition coefficient (Wildman–Crippen LogP) is -0.0647. The average Bonchev–Trinajstić information content (AvgIpc) is 2.70. The van der Waals surface area contributed by atoms with E-state index in [9.17, 15) is 9.59 Å². The number of likely N-dealkylation sites (tertiary alicyclic amines) is 1. The van der Waals surface area contributed by atoms with Crippen LogP contribution in [0.25, 0.3) is 0 Å². The van der Waals surface area contributed by atoms with E-state index in [2.05, 4.69) is 5.32 Å². The van der Waals surface area contributed by atoms with Gasteiger partial charge >= 0.3 is 12.0 Å². The van der Waals surface area contributed by atoms with Gasteiger partial charge in [0.1, 0.15) is 6.04 Å². The van der Waals surface area contributed by atoms with E-state index in [0.29, 0.717) is 25.3 Å². The summed E-state index contributed by atoms with van der Waals surface area (Å²) >= 11 is 1.56. The second-order valence-corrected chi connectivity index (χ2v) is 5.10. The summed E-state index contributed by atoms with van der Waals surface area (Å²) < 4.78 is 0. The molecule has 1 aliphatic rings. The molecule has 1 saturated heterocycles. The van der Waals surface area contributed by atoms with Crippen LogP contribution in [0.5, 0.6) is 0 Å². The minimum absolute atomic E-state index is 0.00947. The molecule has 98 valence electrons. The van der Waals surface area contributed by atoms with Crippen molar-refractivity contribution < 1.29 is 14.7 Å². The number of urea groups is 1.